The topological polar surface area (TPSA) is 38.3 Å². The Morgan fingerprint density at radius 1 is 1.25 bits per heavy atom. The molecular weight excluding hydrogens is 394 g/mol. The maximum atomic E-state index is 13.4. The second-order valence-corrected chi connectivity index (χ2v) is 11.2. The summed E-state index contributed by atoms with van der Waals surface area (Å²) in [6, 6.07) is 8.30. The third-order valence-electron chi connectivity index (χ3n) is 8.73. The number of hydrogen-bond acceptors (Lipinski definition) is 3. The molecule has 174 valence electrons. The van der Waals surface area contributed by atoms with Crippen molar-refractivity contribution in [3.05, 3.63) is 53.1 Å². The summed E-state index contributed by atoms with van der Waals surface area (Å²) in [5.41, 5.74) is 5.24. The number of aryl methyl sites for hydroxylation is 1. The van der Waals surface area contributed by atoms with Crippen LogP contribution in [0.1, 0.15) is 71.8 Å². The number of carbonyl (C=O) groups excluding carboxylic acids is 1. The first kappa shape index (κ1) is 23.1. The summed E-state index contributed by atoms with van der Waals surface area (Å²) < 4.78 is 5.88. The van der Waals surface area contributed by atoms with E-state index in [-0.39, 0.29) is 16.8 Å². The molecule has 0 saturated heterocycles. The van der Waals surface area contributed by atoms with Crippen LogP contribution >= 0.6 is 0 Å². The Balaban J connectivity index is 1.43. The van der Waals surface area contributed by atoms with Crippen LogP contribution in [0.4, 0.5) is 5.69 Å². The minimum absolute atomic E-state index is 0.00513. The number of anilines is 1. The second-order valence-electron chi connectivity index (χ2n) is 11.2. The number of rotatable bonds is 6. The van der Waals surface area contributed by atoms with Crippen molar-refractivity contribution in [3.63, 3.8) is 0 Å². The van der Waals surface area contributed by atoms with E-state index in [2.05, 4.69) is 70.3 Å². The number of fused-ring (bicyclic) bond motifs is 3. The van der Waals surface area contributed by atoms with Gasteiger partial charge in [0.1, 0.15) is 6.61 Å². The molecule has 1 aromatic carbocycles. The lowest BCUT2D eigenvalue weighted by Gasteiger charge is -2.57. The first-order valence-electron chi connectivity index (χ1n) is 12.6. The highest BCUT2D eigenvalue weighted by Gasteiger charge is 2.57. The first-order chi connectivity index (χ1) is 15.2. The van der Waals surface area contributed by atoms with Crippen molar-refractivity contribution in [2.75, 3.05) is 18.5 Å². The van der Waals surface area contributed by atoms with E-state index in [1.807, 2.05) is 6.07 Å². The fraction of sp³-hybridized carbons (Fsp3) is 0.621. The Morgan fingerprint density at radius 3 is 2.81 bits per heavy atom. The largest absolute Gasteiger partial charge is 0.463 e. The van der Waals surface area contributed by atoms with Gasteiger partial charge in [0.05, 0.1) is 5.41 Å². The van der Waals surface area contributed by atoms with Crippen LogP contribution in [0.25, 0.3) is 0 Å². The summed E-state index contributed by atoms with van der Waals surface area (Å²) in [6.45, 7) is 12.4. The maximum Gasteiger partial charge on any atom is 0.312 e. The van der Waals surface area contributed by atoms with Gasteiger partial charge in [-0.15, -0.1) is 0 Å². The van der Waals surface area contributed by atoms with Crippen molar-refractivity contribution < 1.29 is 9.53 Å². The van der Waals surface area contributed by atoms with Gasteiger partial charge in [-0.2, -0.15) is 0 Å². The lowest BCUT2D eigenvalue weighted by Crippen LogP contribution is -2.53. The molecule has 1 saturated carbocycles. The fourth-order valence-corrected chi connectivity index (χ4v) is 6.85. The number of nitrogens with one attached hydrogen (secondary N) is 1. The smallest absolute Gasteiger partial charge is 0.312 e. The molecule has 0 amide bonds. The number of ether oxygens (including phenoxy) is 1. The van der Waals surface area contributed by atoms with Crippen LogP contribution in [0.15, 0.2) is 47.6 Å². The van der Waals surface area contributed by atoms with Crippen LogP contribution in [0.5, 0.6) is 0 Å². The molecule has 0 bridgehead atoms. The highest BCUT2D eigenvalue weighted by Crippen LogP contribution is 2.62. The van der Waals surface area contributed by atoms with Gasteiger partial charge in [-0.25, -0.2) is 0 Å². The zero-order chi connectivity index (χ0) is 22.9. The standard InChI is InChI=1S/C29H41NO2/c1-20(2)22-10-12-25-23(19-22)11-13-26-28(25,4)14-7-15-29(26,5)27(31)32-17-16-30-24-9-6-8-21(3)18-24/h6,8-9,11,18-20,25-26,30H,7,10,12-17H2,1-5H3/t25-,26+,28+,29+/m0/s1. The average Bonchev–Trinajstić information content (AvgIpc) is 2.76. The van der Waals surface area contributed by atoms with Crippen LogP contribution < -0.4 is 5.32 Å². The number of carbonyl (C=O) groups is 1. The fourth-order valence-electron chi connectivity index (χ4n) is 6.85. The highest BCUT2D eigenvalue weighted by atomic mass is 16.5. The zero-order valence-corrected chi connectivity index (χ0v) is 20.7. The molecule has 1 N–H and O–H groups in total. The van der Waals surface area contributed by atoms with Crippen molar-refractivity contribution in [1.29, 1.82) is 0 Å². The molecule has 0 aliphatic heterocycles. The van der Waals surface area contributed by atoms with Gasteiger partial charge < -0.3 is 10.1 Å². The van der Waals surface area contributed by atoms with Gasteiger partial charge in [0, 0.05) is 12.2 Å². The quantitative estimate of drug-likeness (QED) is 0.383. The van der Waals surface area contributed by atoms with E-state index in [1.165, 1.54) is 24.8 Å². The summed E-state index contributed by atoms with van der Waals surface area (Å²) in [6.07, 6.45) is 11.7. The lowest BCUT2D eigenvalue weighted by molar-refractivity contribution is -0.169. The Labute approximate surface area is 194 Å². The van der Waals surface area contributed by atoms with Crippen LogP contribution in [0.2, 0.25) is 0 Å². The van der Waals surface area contributed by atoms with Crippen LogP contribution in [-0.2, 0) is 9.53 Å². The molecule has 0 heterocycles. The summed E-state index contributed by atoms with van der Waals surface area (Å²) in [5.74, 6) is 1.58. The first-order valence-corrected chi connectivity index (χ1v) is 12.6. The van der Waals surface area contributed by atoms with E-state index in [0.29, 0.717) is 30.9 Å². The molecule has 3 aliphatic rings. The van der Waals surface area contributed by atoms with Crippen molar-refractivity contribution in [1.82, 2.24) is 0 Å². The lowest BCUT2D eigenvalue weighted by atomic mass is 9.47. The maximum absolute atomic E-state index is 13.4. The predicted molar refractivity (Wildman–Crippen MR) is 133 cm³/mol. The SMILES string of the molecule is Cc1cccc(NCCOC(=O)[C@]2(C)CCC[C@@]3(C)[C@H]2CC=C2C=C(C(C)C)CC[C@@H]23)c1. The van der Waals surface area contributed by atoms with E-state index >= 15 is 0 Å². The molecule has 3 aliphatic carbocycles. The van der Waals surface area contributed by atoms with Crippen LogP contribution in [0, 0.1) is 35.5 Å². The molecule has 4 rings (SSSR count). The number of allylic oxidation sites excluding steroid dienone is 4. The highest BCUT2D eigenvalue weighted by molar-refractivity contribution is 5.77. The Hall–Kier alpha value is -2.03. The molecule has 0 radical (unpaired) electrons. The van der Waals surface area contributed by atoms with Gasteiger partial charge in [-0.3, -0.25) is 4.79 Å². The van der Waals surface area contributed by atoms with Crippen LogP contribution in [0.3, 0.4) is 0 Å². The number of esters is 1. The molecule has 1 fully saturated rings. The molecule has 1 aromatic rings. The minimum Gasteiger partial charge on any atom is -0.463 e. The molecular formula is C29H41NO2. The number of hydrogen-bond donors (Lipinski definition) is 1. The molecule has 32 heavy (non-hydrogen) atoms. The molecule has 3 heteroatoms. The van der Waals surface area contributed by atoms with Crippen molar-refractivity contribution in [2.24, 2.45) is 28.6 Å². The molecule has 0 spiro atoms. The Bertz CT molecular complexity index is 913. The number of benzene rings is 1. The van der Waals surface area contributed by atoms with Gasteiger partial charge in [0.2, 0.25) is 0 Å². The minimum atomic E-state index is -0.388. The van der Waals surface area contributed by atoms with E-state index in [0.717, 1.165) is 24.9 Å². The summed E-state index contributed by atoms with van der Waals surface area (Å²) in [7, 11) is 0. The van der Waals surface area contributed by atoms with E-state index in [4.69, 9.17) is 4.74 Å². The normalized spacial score (nSPS) is 31.8. The van der Waals surface area contributed by atoms with Gasteiger partial charge in [-0.1, -0.05) is 57.0 Å². The average molecular weight is 436 g/mol. The Morgan fingerprint density at radius 2 is 2.06 bits per heavy atom. The third kappa shape index (κ3) is 4.28. The molecule has 0 unspecified atom stereocenters. The second kappa shape index (κ2) is 9.08. The summed E-state index contributed by atoms with van der Waals surface area (Å²) >= 11 is 0. The van der Waals surface area contributed by atoms with Crippen molar-refractivity contribution >= 4 is 11.7 Å². The monoisotopic (exact) mass is 435 g/mol. The summed E-state index contributed by atoms with van der Waals surface area (Å²) in [5, 5.41) is 3.38. The van der Waals surface area contributed by atoms with Gasteiger partial charge in [0.15, 0.2) is 0 Å². The van der Waals surface area contributed by atoms with E-state index in [1.54, 1.807) is 11.1 Å². The summed E-state index contributed by atoms with van der Waals surface area (Å²) in [4.78, 5) is 13.4. The third-order valence-corrected chi connectivity index (χ3v) is 8.73. The zero-order valence-electron chi connectivity index (χ0n) is 20.7. The Kier molecular flexibility index (Phi) is 6.56. The van der Waals surface area contributed by atoms with Gasteiger partial charge in [-0.05, 0) is 92.4 Å². The molecule has 4 atom stereocenters. The van der Waals surface area contributed by atoms with Crippen molar-refractivity contribution in [3.8, 4) is 0 Å². The van der Waals surface area contributed by atoms with Gasteiger partial charge >= 0.3 is 5.97 Å². The molecule has 0 aromatic heterocycles. The molecule has 3 nitrogen and oxygen atoms in total. The van der Waals surface area contributed by atoms with Gasteiger partial charge in [0.25, 0.3) is 0 Å². The van der Waals surface area contributed by atoms with Crippen molar-refractivity contribution in [2.45, 2.75) is 73.1 Å². The van der Waals surface area contributed by atoms with Crippen LogP contribution in [-0.4, -0.2) is 19.1 Å². The predicted octanol–water partition coefficient (Wildman–Crippen LogP) is 7.09. The van der Waals surface area contributed by atoms with E-state index in [9.17, 15) is 4.79 Å². The van der Waals surface area contributed by atoms with E-state index < -0.39 is 0 Å².